The monoisotopic (exact) mass is 413 g/mol. The summed E-state index contributed by atoms with van der Waals surface area (Å²) >= 11 is 0. The number of aromatic amines is 1. The van der Waals surface area contributed by atoms with Crippen LogP contribution >= 0.6 is 0 Å². The van der Waals surface area contributed by atoms with Crippen molar-refractivity contribution >= 4 is 22.6 Å². The quantitative estimate of drug-likeness (QED) is 0.461. The van der Waals surface area contributed by atoms with Crippen LogP contribution in [0.1, 0.15) is 36.0 Å². The fourth-order valence-electron chi connectivity index (χ4n) is 4.35. The van der Waals surface area contributed by atoms with Crippen molar-refractivity contribution in [1.82, 2.24) is 20.2 Å². The van der Waals surface area contributed by atoms with E-state index in [9.17, 15) is 4.79 Å². The first-order chi connectivity index (χ1) is 15.2. The molecule has 1 aromatic carbocycles. The number of rotatable bonds is 5. The molecule has 7 heteroatoms. The Kier molecular flexibility index (Phi) is 4.86. The van der Waals surface area contributed by atoms with Gasteiger partial charge in [0.2, 0.25) is 0 Å². The highest BCUT2D eigenvalue weighted by Crippen LogP contribution is 2.35. The lowest BCUT2D eigenvalue weighted by atomic mass is 9.95. The second kappa shape index (κ2) is 7.83. The van der Waals surface area contributed by atoms with Gasteiger partial charge in [-0.25, -0.2) is 9.97 Å². The van der Waals surface area contributed by atoms with Gasteiger partial charge in [-0.15, -0.1) is 0 Å². The summed E-state index contributed by atoms with van der Waals surface area (Å²) in [6, 6.07) is 11.6. The van der Waals surface area contributed by atoms with Crippen LogP contribution < -0.4 is 10.5 Å². The van der Waals surface area contributed by atoms with Crippen molar-refractivity contribution in [3.63, 3.8) is 0 Å². The van der Waals surface area contributed by atoms with Gasteiger partial charge in [0.1, 0.15) is 17.3 Å². The maximum atomic E-state index is 13.0. The van der Waals surface area contributed by atoms with Gasteiger partial charge in [-0.1, -0.05) is 25.0 Å². The van der Waals surface area contributed by atoms with Crippen molar-refractivity contribution in [3.05, 3.63) is 54.4 Å². The summed E-state index contributed by atoms with van der Waals surface area (Å²) in [6.07, 6.45) is 7.48. The van der Waals surface area contributed by atoms with E-state index in [-0.39, 0.29) is 17.5 Å². The molecule has 0 radical (unpaired) electrons. The molecule has 0 unspecified atom stereocenters. The van der Waals surface area contributed by atoms with Gasteiger partial charge in [-0.05, 0) is 37.1 Å². The van der Waals surface area contributed by atoms with E-state index in [2.05, 4.69) is 20.2 Å². The van der Waals surface area contributed by atoms with E-state index in [0.29, 0.717) is 11.2 Å². The number of ketones is 1. The smallest absolute Gasteiger partial charge is 0.169 e. The standard InChI is InChI=1S/C24H23N5O2/c1-31-20-9-5-4-8-17(20)21-18-10-15(13-27-24(18)29-28-21)16-11-19(23(25)26-12-16)22(30)14-6-2-3-7-14/h4-5,8-14H,2-3,6-7H2,1H3,(H2,25,26)(H,27,28,29). The first kappa shape index (κ1) is 19.2. The molecule has 0 spiro atoms. The maximum absolute atomic E-state index is 13.0. The van der Waals surface area contributed by atoms with Crippen LogP contribution in [-0.2, 0) is 0 Å². The molecule has 0 amide bonds. The molecule has 1 saturated carbocycles. The lowest BCUT2D eigenvalue weighted by Crippen LogP contribution is -2.14. The number of para-hydroxylation sites is 1. The molecule has 3 heterocycles. The average molecular weight is 413 g/mol. The summed E-state index contributed by atoms with van der Waals surface area (Å²) in [5.74, 6) is 1.16. The SMILES string of the molecule is COc1ccccc1-c1n[nH]c2ncc(-c3cnc(N)c(C(=O)C4CCCC4)c3)cc12. The molecule has 1 fully saturated rings. The van der Waals surface area contributed by atoms with Crippen LogP contribution in [0.2, 0.25) is 0 Å². The number of benzene rings is 1. The molecular weight excluding hydrogens is 390 g/mol. The number of hydrogen-bond acceptors (Lipinski definition) is 6. The Morgan fingerprint density at radius 2 is 1.84 bits per heavy atom. The first-order valence-corrected chi connectivity index (χ1v) is 10.4. The number of nitrogens with zero attached hydrogens (tertiary/aromatic N) is 3. The summed E-state index contributed by atoms with van der Waals surface area (Å²) in [5, 5.41) is 8.31. The van der Waals surface area contributed by atoms with Gasteiger partial charge in [-0.3, -0.25) is 9.89 Å². The molecule has 0 saturated heterocycles. The van der Waals surface area contributed by atoms with Gasteiger partial charge in [0, 0.05) is 40.4 Å². The highest BCUT2D eigenvalue weighted by atomic mass is 16.5. The molecule has 3 N–H and O–H groups in total. The Morgan fingerprint density at radius 1 is 1.10 bits per heavy atom. The number of carbonyl (C=O) groups excluding carboxylic acids is 1. The number of carbonyl (C=O) groups is 1. The average Bonchev–Trinajstić information content (AvgIpc) is 3.49. The van der Waals surface area contributed by atoms with Crippen LogP contribution in [0.3, 0.4) is 0 Å². The molecule has 0 bridgehead atoms. The van der Waals surface area contributed by atoms with Crippen LogP contribution in [0.4, 0.5) is 5.82 Å². The molecule has 5 rings (SSSR count). The Bertz CT molecular complexity index is 1270. The highest BCUT2D eigenvalue weighted by molar-refractivity contribution is 6.03. The molecule has 4 aromatic rings. The molecule has 7 nitrogen and oxygen atoms in total. The van der Waals surface area contributed by atoms with Crippen LogP contribution in [0.5, 0.6) is 5.75 Å². The van der Waals surface area contributed by atoms with Gasteiger partial charge >= 0.3 is 0 Å². The zero-order valence-corrected chi connectivity index (χ0v) is 17.3. The minimum atomic E-state index is 0.0472. The predicted molar refractivity (Wildman–Crippen MR) is 120 cm³/mol. The van der Waals surface area contributed by atoms with Crippen LogP contribution in [0, 0.1) is 5.92 Å². The molecule has 1 aliphatic rings. The zero-order chi connectivity index (χ0) is 21.4. The van der Waals surface area contributed by atoms with E-state index in [1.165, 1.54) is 0 Å². The van der Waals surface area contributed by atoms with Crippen molar-refractivity contribution in [2.45, 2.75) is 25.7 Å². The van der Waals surface area contributed by atoms with Gasteiger partial charge in [0.05, 0.1) is 12.7 Å². The first-order valence-electron chi connectivity index (χ1n) is 10.4. The number of anilines is 1. The second-order valence-electron chi connectivity index (χ2n) is 7.90. The minimum absolute atomic E-state index is 0.0472. The number of ether oxygens (including phenoxy) is 1. The van der Waals surface area contributed by atoms with E-state index in [1.807, 2.05) is 36.4 Å². The molecule has 0 atom stereocenters. The van der Waals surface area contributed by atoms with Gasteiger partial charge in [-0.2, -0.15) is 5.10 Å². The Labute approximate surface area is 179 Å². The third kappa shape index (κ3) is 3.42. The normalized spacial score (nSPS) is 14.2. The largest absolute Gasteiger partial charge is 0.496 e. The summed E-state index contributed by atoms with van der Waals surface area (Å²) in [6.45, 7) is 0. The van der Waals surface area contributed by atoms with Gasteiger partial charge in [0.15, 0.2) is 11.4 Å². The van der Waals surface area contributed by atoms with Gasteiger partial charge in [0.25, 0.3) is 0 Å². The third-order valence-corrected chi connectivity index (χ3v) is 6.02. The molecule has 1 aliphatic carbocycles. The van der Waals surface area contributed by atoms with Crippen LogP contribution in [0.25, 0.3) is 33.4 Å². The lowest BCUT2D eigenvalue weighted by molar-refractivity contribution is 0.0923. The van der Waals surface area contributed by atoms with Crippen LogP contribution in [0.15, 0.2) is 48.8 Å². The fourth-order valence-corrected chi connectivity index (χ4v) is 4.35. The van der Waals surface area contributed by atoms with Crippen molar-refractivity contribution < 1.29 is 9.53 Å². The predicted octanol–water partition coefficient (Wildman–Crippen LogP) is 4.65. The number of fused-ring (bicyclic) bond motifs is 1. The number of aromatic nitrogens is 4. The lowest BCUT2D eigenvalue weighted by Gasteiger charge is -2.11. The number of H-pyrrole nitrogens is 1. The Morgan fingerprint density at radius 3 is 2.65 bits per heavy atom. The van der Waals surface area contributed by atoms with E-state index in [4.69, 9.17) is 10.5 Å². The number of nitrogen functional groups attached to an aromatic ring is 1. The summed E-state index contributed by atoms with van der Waals surface area (Å²) in [5.41, 5.74) is 10.5. The fraction of sp³-hybridized carbons (Fsp3) is 0.250. The van der Waals surface area contributed by atoms with E-state index >= 15 is 0 Å². The molecule has 0 aliphatic heterocycles. The van der Waals surface area contributed by atoms with Crippen LogP contribution in [-0.4, -0.2) is 33.1 Å². The summed E-state index contributed by atoms with van der Waals surface area (Å²) in [7, 11) is 1.64. The Hall–Kier alpha value is -3.74. The second-order valence-corrected chi connectivity index (χ2v) is 7.90. The van der Waals surface area contributed by atoms with E-state index < -0.39 is 0 Å². The summed E-state index contributed by atoms with van der Waals surface area (Å²) in [4.78, 5) is 21.8. The third-order valence-electron chi connectivity index (χ3n) is 6.02. The van der Waals surface area contributed by atoms with Crippen molar-refractivity contribution in [2.75, 3.05) is 12.8 Å². The molecule has 3 aromatic heterocycles. The number of nitrogens with one attached hydrogen (secondary N) is 1. The minimum Gasteiger partial charge on any atom is -0.496 e. The van der Waals surface area contributed by atoms with E-state index in [0.717, 1.165) is 59.2 Å². The molecule has 156 valence electrons. The van der Waals surface area contributed by atoms with Crippen molar-refractivity contribution in [2.24, 2.45) is 5.92 Å². The Balaban J connectivity index is 1.58. The molecule has 31 heavy (non-hydrogen) atoms. The number of pyridine rings is 2. The number of nitrogens with two attached hydrogens (primary N) is 1. The highest BCUT2D eigenvalue weighted by Gasteiger charge is 2.26. The number of Topliss-reactive ketones (excluding diaryl/α,β-unsaturated/α-hetero) is 1. The number of hydrogen-bond donors (Lipinski definition) is 2. The maximum Gasteiger partial charge on any atom is 0.169 e. The topological polar surface area (TPSA) is 107 Å². The number of methoxy groups -OCH3 is 1. The van der Waals surface area contributed by atoms with Crippen molar-refractivity contribution in [3.8, 4) is 28.1 Å². The van der Waals surface area contributed by atoms with Crippen molar-refractivity contribution in [1.29, 1.82) is 0 Å². The van der Waals surface area contributed by atoms with E-state index in [1.54, 1.807) is 19.5 Å². The van der Waals surface area contributed by atoms with Gasteiger partial charge < -0.3 is 10.5 Å². The molecular formula is C24H23N5O2. The summed E-state index contributed by atoms with van der Waals surface area (Å²) < 4.78 is 5.50. The zero-order valence-electron chi connectivity index (χ0n) is 17.3.